The summed E-state index contributed by atoms with van der Waals surface area (Å²) in [6.45, 7) is 4.46. The van der Waals surface area contributed by atoms with Gasteiger partial charge in [0.05, 0.1) is 10.6 Å². The van der Waals surface area contributed by atoms with Crippen LogP contribution in [0.15, 0.2) is 18.2 Å². The molecule has 23 heavy (non-hydrogen) atoms. The lowest BCUT2D eigenvalue weighted by atomic mass is 10.3. The maximum absolute atomic E-state index is 11.9. The molecule has 0 aromatic carbocycles. The summed E-state index contributed by atoms with van der Waals surface area (Å²) in [4.78, 5) is 25.8. The number of aromatic nitrogens is 2. The summed E-state index contributed by atoms with van der Waals surface area (Å²) >= 11 is 1.67. The molecule has 0 spiro atoms. The zero-order chi connectivity index (χ0) is 16.4. The van der Waals surface area contributed by atoms with Crippen LogP contribution in [-0.2, 0) is 9.59 Å². The standard InChI is InChI=1S/C16H20N4O2S/c1-9-7-11(9)16(22)17-6-5-15(21)18-14-8-12(19-20-14)13-4-3-10(2)23-13/h3-4,8-9,11H,5-7H2,1-2H3,(H,17,22)(H2,18,19,20,21)/t9-,11-/m0/s1. The summed E-state index contributed by atoms with van der Waals surface area (Å²) in [5, 5.41) is 12.6. The lowest BCUT2D eigenvalue weighted by Gasteiger charge is -2.04. The molecule has 3 rings (SSSR count). The minimum atomic E-state index is -0.158. The van der Waals surface area contributed by atoms with Crippen molar-refractivity contribution in [1.82, 2.24) is 15.5 Å². The molecule has 2 heterocycles. The predicted molar refractivity (Wildman–Crippen MR) is 90.2 cm³/mol. The fourth-order valence-electron chi connectivity index (χ4n) is 2.41. The summed E-state index contributed by atoms with van der Waals surface area (Å²) in [5.41, 5.74) is 0.884. The third kappa shape index (κ3) is 3.98. The van der Waals surface area contributed by atoms with Gasteiger partial charge >= 0.3 is 0 Å². The lowest BCUT2D eigenvalue weighted by Crippen LogP contribution is -2.29. The Kier molecular flexibility index (Phi) is 4.47. The van der Waals surface area contributed by atoms with Crippen molar-refractivity contribution in [3.8, 4) is 10.6 Å². The van der Waals surface area contributed by atoms with E-state index in [4.69, 9.17) is 0 Å². The van der Waals surface area contributed by atoms with Crippen LogP contribution in [0.25, 0.3) is 10.6 Å². The Hall–Kier alpha value is -2.15. The molecule has 0 saturated heterocycles. The molecule has 2 atom stereocenters. The van der Waals surface area contributed by atoms with E-state index in [2.05, 4.69) is 27.8 Å². The average Bonchev–Trinajstić information content (AvgIpc) is 2.88. The third-order valence-corrected chi connectivity index (χ3v) is 4.98. The molecule has 6 nitrogen and oxygen atoms in total. The number of amides is 2. The molecule has 3 N–H and O–H groups in total. The SMILES string of the molecule is Cc1ccc(-c2cc(NC(=O)CCNC(=O)[C@H]3C[C@@H]3C)n[nH]2)s1. The molecule has 0 aliphatic heterocycles. The molecule has 0 radical (unpaired) electrons. The van der Waals surface area contributed by atoms with Gasteiger partial charge in [0, 0.05) is 29.8 Å². The number of rotatable bonds is 6. The first-order chi connectivity index (χ1) is 11.0. The van der Waals surface area contributed by atoms with Gasteiger partial charge in [0.1, 0.15) is 0 Å². The van der Waals surface area contributed by atoms with Crippen LogP contribution >= 0.6 is 11.3 Å². The molecular weight excluding hydrogens is 312 g/mol. The Morgan fingerprint density at radius 2 is 2.22 bits per heavy atom. The Morgan fingerprint density at radius 1 is 1.43 bits per heavy atom. The highest BCUT2D eigenvalue weighted by Gasteiger charge is 2.38. The summed E-state index contributed by atoms with van der Waals surface area (Å²) in [6, 6.07) is 5.88. The normalized spacial score (nSPS) is 19.4. The van der Waals surface area contributed by atoms with Gasteiger partial charge in [0.25, 0.3) is 0 Å². The lowest BCUT2D eigenvalue weighted by molar-refractivity contribution is -0.122. The molecule has 2 aromatic rings. The molecule has 0 bridgehead atoms. The highest BCUT2D eigenvalue weighted by Crippen LogP contribution is 2.37. The van der Waals surface area contributed by atoms with Crippen molar-refractivity contribution in [3.05, 3.63) is 23.1 Å². The number of aryl methyl sites for hydroxylation is 1. The van der Waals surface area contributed by atoms with Crippen molar-refractivity contribution in [2.75, 3.05) is 11.9 Å². The van der Waals surface area contributed by atoms with Gasteiger partial charge in [-0.1, -0.05) is 6.92 Å². The van der Waals surface area contributed by atoms with E-state index in [-0.39, 0.29) is 24.2 Å². The number of hydrogen-bond acceptors (Lipinski definition) is 4. The van der Waals surface area contributed by atoms with Gasteiger partial charge in [-0.05, 0) is 31.4 Å². The van der Waals surface area contributed by atoms with Crippen LogP contribution in [0.1, 0.15) is 24.6 Å². The van der Waals surface area contributed by atoms with Gasteiger partial charge in [-0.2, -0.15) is 5.10 Å². The van der Waals surface area contributed by atoms with Crippen LogP contribution in [0.3, 0.4) is 0 Å². The van der Waals surface area contributed by atoms with E-state index >= 15 is 0 Å². The molecule has 1 aliphatic carbocycles. The summed E-state index contributed by atoms with van der Waals surface area (Å²) < 4.78 is 0. The van der Waals surface area contributed by atoms with E-state index < -0.39 is 0 Å². The molecule has 1 aliphatic rings. The number of thiophene rings is 1. The number of nitrogens with one attached hydrogen (secondary N) is 3. The van der Waals surface area contributed by atoms with Crippen molar-refractivity contribution in [2.24, 2.45) is 11.8 Å². The van der Waals surface area contributed by atoms with E-state index in [9.17, 15) is 9.59 Å². The van der Waals surface area contributed by atoms with Gasteiger partial charge < -0.3 is 10.6 Å². The molecule has 0 unspecified atom stereocenters. The van der Waals surface area contributed by atoms with Crippen molar-refractivity contribution in [2.45, 2.75) is 26.7 Å². The van der Waals surface area contributed by atoms with Gasteiger partial charge in [0.15, 0.2) is 5.82 Å². The van der Waals surface area contributed by atoms with Crippen LogP contribution in [0, 0.1) is 18.8 Å². The smallest absolute Gasteiger partial charge is 0.227 e. The highest BCUT2D eigenvalue weighted by molar-refractivity contribution is 7.15. The zero-order valence-corrected chi connectivity index (χ0v) is 14.0. The summed E-state index contributed by atoms with van der Waals surface area (Å²) in [6.07, 6.45) is 1.20. The van der Waals surface area contributed by atoms with Crippen LogP contribution in [0.4, 0.5) is 5.82 Å². The summed E-state index contributed by atoms with van der Waals surface area (Å²) in [7, 11) is 0. The predicted octanol–water partition coefficient (Wildman–Crippen LogP) is 2.55. The Morgan fingerprint density at radius 3 is 2.87 bits per heavy atom. The monoisotopic (exact) mass is 332 g/mol. The fraction of sp³-hybridized carbons (Fsp3) is 0.438. The molecule has 2 aromatic heterocycles. The zero-order valence-electron chi connectivity index (χ0n) is 13.2. The number of aromatic amines is 1. The second-order valence-electron chi connectivity index (χ2n) is 5.99. The van der Waals surface area contributed by atoms with E-state index in [1.807, 2.05) is 25.1 Å². The Labute approximate surface area is 138 Å². The van der Waals surface area contributed by atoms with Gasteiger partial charge in [-0.25, -0.2) is 0 Å². The number of anilines is 1. The topological polar surface area (TPSA) is 86.9 Å². The van der Waals surface area contributed by atoms with Crippen LogP contribution in [-0.4, -0.2) is 28.6 Å². The molecule has 2 amide bonds. The number of H-pyrrole nitrogens is 1. The Bertz CT molecular complexity index is 721. The second-order valence-corrected chi connectivity index (χ2v) is 7.27. The molecule has 7 heteroatoms. The first-order valence-corrected chi connectivity index (χ1v) is 8.54. The maximum atomic E-state index is 11.9. The van der Waals surface area contributed by atoms with Crippen LogP contribution < -0.4 is 10.6 Å². The molecule has 1 fully saturated rings. The first-order valence-electron chi connectivity index (χ1n) is 7.72. The van der Waals surface area contributed by atoms with E-state index in [0.29, 0.717) is 18.3 Å². The van der Waals surface area contributed by atoms with Crippen molar-refractivity contribution in [3.63, 3.8) is 0 Å². The first kappa shape index (κ1) is 15.7. The second kappa shape index (κ2) is 6.54. The highest BCUT2D eigenvalue weighted by atomic mass is 32.1. The molecular formula is C16H20N4O2S. The number of hydrogen-bond donors (Lipinski definition) is 3. The minimum Gasteiger partial charge on any atom is -0.355 e. The fourth-order valence-corrected chi connectivity index (χ4v) is 3.25. The van der Waals surface area contributed by atoms with Crippen LogP contribution in [0.5, 0.6) is 0 Å². The van der Waals surface area contributed by atoms with Gasteiger partial charge in [-0.3, -0.25) is 14.7 Å². The third-order valence-electron chi connectivity index (χ3n) is 3.95. The minimum absolute atomic E-state index is 0.0559. The van der Waals surface area contributed by atoms with Crippen molar-refractivity contribution < 1.29 is 9.59 Å². The summed E-state index contributed by atoms with van der Waals surface area (Å²) in [5.74, 6) is 1.02. The van der Waals surface area contributed by atoms with Gasteiger partial charge in [-0.15, -0.1) is 11.3 Å². The molecule has 1 saturated carbocycles. The number of carbonyl (C=O) groups is 2. The quantitative estimate of drug-likeness (QED) is 0.760. The van der Waals surface area contributed by atoms with Crippen molar-refractivity contribution in [1.29, 1.82) is 0 Å². The Balaban J connectivity index is 1.45. The van der Waals surface area contributed by atoms with E-state index in [0.717, 1.165) is 17.0 Å². The molecule has 122 valence electrons. The number of nitrogens with zero attached hydrogens (tertiary/aromatic N) is 1. The van der Waals surface area contributed by atoms with Crippen molar-refractivity contribution >= 4 is 29.0 Å². The average molecular weight is 332 g/mol. The van der Waals surface area contributed by atoms with Crippen LogP contribution in [0.2, 0.25) is 0 Å². The van der Waals surface area contributed by atoms with E-state index in [1.165, 1.54) is 4.88 Å². The number of carbonyl (C=O) groups excluding carboxylic acids is 2. The van der Waals surface area contributed by atoms with E-state index in [1.54, 1.807) is 11.3 Å². The van der Waals surface area contributed by atoms with Gasteiger partial charge in [0.2, 0.25) is 11.8 Å². The maximum Gasteiger partial charge on any atom is 0.227 e. The largest absolute Gasteiger partial charge is 0.355 e.